The van der Waals surface area contributed by atoms with E-state index in [-0.39, 0.29) is 17.9 Å². The fourth-order valence-electron chi connectivity index (χ4n) is 5.20. The van der Waals surface area contributed by atoms with Gasteiger partial charge in [-0.25, -0.2) is 4.98 Å². The van der Waals surface area contributed by atoms with Crippen LogP contribution in [0.1, 0.15) is 39.4 Å². The van der Waals surface area contributed by atoms with Gasteiger partial charge in [0.2, 0.25) is 11.8 Å². The molecular formula is C22H32N4O3. The topological polar surface area (TPSA) is 67.7 Å². The molecule has 1 aromatic rings. The average Bonchev–Trinajstić information content (AvgIpc) is 3.46. The predicted molar refractivity (Wildman–Crippen MR) is 109 cm³/mol. The minimum absolute atomic E-state index is 0.0328. The van der Waals surface area contributed by atoms with Crippen LogP contribution >= 0.6 is 0 Å². The fourth-order valence-corrected chi connectivity index (χ4v) is 5.20. The number of aromatic nitrogens is 2. The highest BCUT2D eigenvalue weighted by Crippen LogP contribution is 2.52. The molecule has 4 atom stereocenters. The van der Waals surface area contributed by atoms with Crippen molar-refractivity contribution in [3.8, 4) is 0 Å². The Morgan fingerprint density at radius 1 is 1.38 bits per heavy atom. The first-order valence-electron chi connectivity index (χ1n) is 10.8. The van der Waals surface area contributed by atoms with Crippen molar-refractivity contribution < 1.29 is 14.3 Å². The molecule has 2 saturated heterocycles. The standard InChI is InChI=1S/C22H32N4O3/c1-5-15(6-2)12-26-14-22-9-8-16(29-22)18(19(22)21(26)28)20(27)24(4)13-17-23-10-11-25(17)7-3/h8-11,15-16,18-19H,5-7,12-14H2,1-4H3/t16-,18+,19+,22-/m0/s1. The largest absolute Gasteiger partial charge is 0.360 e. The van der Waals surface area contributed by atoms with Crippen LogP contribution in [0.3, 0.4) is 0 Å². The van der Waals surface area contributed by atoms with Crippen LogP contribution in [0.2, 0.25) is 0 Å². The van der Waals surface area contributed by atoms with Gasteiger partial charge in [0.1, 0.15) is 11.4 Å². The SMILES string of the molecule is CCC(CC)CN1C[C@]23C=C[C@H](O2)[C@@H](C(=O)N(C)Cc2nccn2CC)[C@@H]3C1=O. The number of imidazole rings is 1. The summed E-state index contributed by atoms with van der Waals surface area (Å²) >= 11 is 0. The van der Waals surface area contributed by atoms with Crippen molar-refractivity contribution in [3.05, 3.63) is 30.4 Å². The number of fused-ring (bicyclic) bond motifs is 1. The Labute approximate surface area is 172 Å². The first kappa shape index (κ1) is 20.1. The molecule has 2 fully saturated rings. The maximum Gasteiger partial charge on any atom is 0.230 e. The van der Waals surface area contributed by atoms with Crippen LogP contribution in [0, 0.1) is 17.8 Å². The van der Waals surface area contributed by atoms with Gasteiger partial charge < -0.3 is 19.1 Å². The summed E-state index contributed by atoms with van der Waals surface area (Å²) < 4.78 is 8.28. The second kappa shape index (κ2) is 7.59. The second-order valence-electron chi connectivity index (χ2n) is 8.63. The summed E-state index contributed by atoms with van der Waals surface area (Å²) in [4.78, 5) is 34.7. The molecular weight excluding hydrogens is 368 g/mol. The summed E-state index contributed by atoms with van der Waals surface area (Å²) in [6, 6.07) is 0. The molecule has 2 amide bonds. The van der Waals surface area contributed by atoms with Gasteiger partial charge in [0.05, 0.1) is 31.0 Å². The van der Waals surface area contributed by atoms with Crippen molar-refractivity contribution in [2.45, 2.75) is 58.4 Å². The van der Waals surface area contributed by atoms with Crippen molar-refractivity contribution in [2.24, 2.45) is 17.8 Å². The molecule has 4 heterocycles. The molecule has 0 aromatic carbocycles. The molecule has 0 N–H and O–H groups in total. The number of carbonyl (C=O) groups is 2. The quantitative estimate of drug-likeness (QED) is 0.627. The van der Waals surface area contributed by atoms with Gasteiger partial charge in [-0.1, -0.05) is 38.8 Å². The van der Waals surface area contributed by atoms with E-state index in [0.29, 0.717) is 19.0 Å². The summed E-state index contributed by atoms with van der Waals surface area (Å²) in [6.07, 6.45) is 9.47. The highest BCUT2D eigenvalue weighted by Gasteiger charge is 2.67. The number of likely N-dealkylation sites (tertiary alicyclic amines) is 1. The van der Waals surface area contributed by atoms with Crippen molar-refractivity contribution in [1.82, 2.24) is 19.4 Å². The normalized spacial score (nSPS) is 29.9. The van der Waals surface area contributed by atoms with Gasteiger partial charge in [-0.3, -0.25) is 9.59 Å². The summed E-state index contributed by atoms with van der Waals surface area (Å²) in [5.41, 5.74) is -0.628. The minimum Gasteiger partial charge on any atom is -0.360 e. The average molecular weight is 401 g/mol. The van der Waals surface area contributed by atoms with Gasteiger partial charge in [0, 0.05) is 32.5 Å². The Morgan fingerprint density at radius 3 is 2.83 bits per heavy atom. The van der Waals surface area contributed by atoms with Gasteiger partial charge in [-0.2, -0.15) is 0 Å². The van der Waals surface area contributed by atoms with E-state index in [2.05, 4.69) is 25.8 Å². The molecule has 3 aliphatic heterocycles. The summed E-state index contributed by atoms with van der Waals surface area (Å²) in [7, 11) is 1.79. The monoisotopic (exact) mass is 400 g/mol. The van der Waals surface area contributed by atoms with Gasteiger partial charge in [0.25, 0.3) is 0 Å². The Bertz CT molecular complexity index is 815. The van der Waals surface area contributed by atoms with Crippen LogP contribution in [-0.4, -0.2) is 63.0 Å². The zero-order chi connectivity index (χ0) is 20.8. The molecule has 1 aromatic heterocycles. The number of rotatable bonds is 8. The zero-order valence-corrected chi connectivity index (χ0v) is 17.9. The Kier molecular flexibility index (Phi) is 5.27. The van der Waals surface area contributed by atoms with Crippen LogP contribution < -0.4 is 0 Å². The number of ether oxygens (including phenoxy) is 1. The zero-order valence-electron chi connectivity index (χ0n) is 17.9. The number of hydrogen-bond acceptors (Lipinski definition) is 4. The van der Waals surface area contributed by atoms with Gasteiger partial charge in [-0.05, 0) is 12.8 Å². The molecule has 0 saturated carbocycles. The molecule has 4 rings (SSSR count). The van der Waals surface area contributed by atoms with E-state index in [4.69, 9.17) is 4.74 Å². The van der Waals surface area contributed by atoms with Crippen LogP contribution in [-0.2, 0) is 27.4 Å². The number of hydrogen-bond donors (Lipinski definition) is 0. The Hall–Kier alpha value is -2.15. The van der Waals surface area contributed by atoms with Gasteiger partial charge in [-0.15, -0.1) is 0 Å². The minimum atomic E-state index is -0.628. The van der Waals surface area contributed by atoms with Gasteiger partial charge in [0.15, 0.2) is 0 Å². The molecule has 0 unspecified atom stereocenters. The highest BCUT2D eigenvalue weighted by atomic mass is 16.5. The number of amides is 2. The van der Waals surface area contributed by atoms with E-state index in [1.807, 2.05) is 27.8 Å². The second-order valence-corrected chi connectivity index (χ2v) is 8.63. The third kappa shape index (κ3) is 3.19. The molecule has 158 valence electrons. The Balaban J connectivity index is 1.52. The van der Waals surface area contributed by atoms with Crippen LogP contribution in [0.5, 0.6) is 0 Å². The van der Waals surface area contributed by atoms with E-state index in [1.54, 1.807) is 18.1 Å². The van der Waals surface area contributed by atoms with Crippen LogP contribution in [0.25, 0.3) is 0 Å². The molecule has 2 bridgehead atoms. The number of carbonyl (C=O) groups excluding carboxylic acids is 2. The molecule has 7 heteroatoms. The van der Waals surface area contributed by atoms with Crippen LogP contribution in [0.4, 0.5) is 0 Å². The molecule has 0 aliphatic carbocycles. The van der Waals surface area contributed by atoms with Crippen molar-refractivity contribution in [2.75, 3.05) is 20.1 Å². The molecule has 29 heavy (non-hydrogen) atoms. The lowest BCUT2D eigenvalue weighted by Gasteiger charge is -2.28. The van der Waals surface area contributed by atoms with Gasteiger partial charge >= 0.3 is 0 Å². The third-order valence-electron chi connectivity index (χ3n) is 6.99. The molecule has 1 spiro atoms. The van der Waals surface area contributed by atoms with E-state index in [9.17, 15) is 9.59 Å². The molecule has 3 aliphatic rings. The Morgan fingerprint density at radius 2 is 2.14 bits per heavy atom. The number of aryl methyl sites for hydroxylation is 1. The lowest BCUT2D eigenvalue weighted by Crippen LogP contribution is -2.45. The van der Waals surface area contributed by atoms with Crippen molar-refractivity contribution in [1.29, 1.82) is 0 Å². The molecule has 0 radical (unpaired) electrons. The van der Waals surface area contributed by atoms with Crippen molar-refractivity contribution >= 4 is 11.8 Å². The van der Waals surface area contributed by atoms with Crippen molar-refractivity contribution in [3.63, 3.8) is 0 Å². The first-order valence-corrected chi connectivity index (χ1v) is 10.8. The summed E-state index contributed by atoms with van der Waals surface area (Å²) in [5.74, 6) is 0.521. The first-order chi connectivity index (χ1) is 13.9. The maximum atomic E-state index is 13.4. The summed E-state index contributed by atoms with van der Waals surface area (Å²) in [5, 5.41) is 0. The molecule has 7 nitrogen and oxygen atoms in total. The lowest BCUT2D eigenvalue weighted by atomic mass is 9.76. The fraction of sp³-hybridized carbons (Fsp3) is 0.682. The smallest absolute Gasteiger partial charge is 0.230 e. The maximum absolute atomic E-state index is 13.4. The van der Waals surface area contributed by atoms with E-state index >= 15 is 0 Å². The third-order valence-corrected chi connectivity index (χ3v) is 6.99. The summed E-state index contributed by atoms with van der Waals surface area (Å²) in [6.45, 7) is 8.93. The highest BCUT2D eigenvalue weighted by molar-refractivity contribution is 5.93. The van der Waals surface area contributed by atoms with Crippen LogP contribution in [0.15, 0.2) is 24.5 Å². The van der Waals surface area contributed by atoms with E-state index in [1.165, 1.54) is 0 Å². The van der Waals surface area contributed by atoms with E-state index in [0.717, 1.165) is 31.8 Å². The van der Waals surface area contributed by atoms with E-state index < -0.39 is 17.4 Å². The lowest BCUT2D eigenvalue weighted by molar-refractivity contribution is -0.143. The number of nitrogens with zero attached hydrogens (tertiary/aromatic N) is 4. The predicted octanol–water partition coefficient (Wildman–Crippen LogP) is 2.08.